The number of nitrogens with two attached hydrogens (primary N) is 1. The van der Waals surface area contributed by atoms with Crippen molar-refractivity contribution in [3.05, 3.63) is 65.5 Å². The van der Waals surface area contributed by atoms with E-state index in [1.165, 1.54) is 11.1 Å². The van der Waals surface area contributed by atoms with Gasteiger partial charge in [0.05, 0.1) is 11.7 Å². The van der Waals surface area contributed by atoms with Crippen LogP contribution in [0.1, 0.15) is 48.5 Å². The number of benzene rings is 1. The molecule has 3 atom stereocenters. The van der Waals surface area contributed by atoms with Crippen molar-refractivity contribution in [2.75, 3.05) is 0 Å². The number of amides is 1. The average Bonchev–Trinajstić information content (AvgIpc) is 2.63. The van der Waals surface area contributed by atoms with E-state index >= 15 is 0 Å². The van der Waals surface area contributed by atoms with E-state index in [-0.39, 0.29) is 48.7 Å². The summed E-state index contributed by atoms with van der Waals surface area (Å²) in [7, 11) is 0. The predicted octanol–water partition coefficient (Wildman–Crippen LogP) is 4.15. The first-order chi connectivity index (χ1) is 12.1. The molecule has 1 heterocycles. The summed E-state index contributed by atoms with van der Waals surface area (Å²) in [4.78, 5) is 17.2. The van der Waals surface area contributed by atoms with E-state index in [1.807, 2.05) is 18.2 Å². The maximum atomic E-state index is 12.8. The number of carbonyl (C=O) groups excluding carboxylic acids is 1. The number of hydrogen-bond acceptors (Lipinski definition) is 3. The Morgan fingerprint density at radius 2 is 1.93 bits per heavy atom. The van der Waals surface area contributed by atoms with Crippen molar-refractivity contribution in [2.45, 2.75) is 51.1 Å². The molecule has 0 aliphatic heterocycles. The van der Waals surface area contributed by atoms with E-state index < -0.39 is 0 Å². The third-order valence-electron chi connectivity index (χ3n) is 5.01. The Labute approximate surface area is 174 Å². The monoisotopic (exact) mass is 409 g/mol. The van der Waals surface area contributed by atoms with E-state index in [1.54, 1.807) is 6.20 Å². The van der Waals surface area contributed by atoms with Crippen LogP contribution in [0.15, 0.2) is 48.7 Å². The Bertz CT molecular complexity index is 694. The predicted molar refractivity (Wildman–Crippen MR) is 114 cm³/mol. The number of halogens is 2. The molecule has 0 radical (unpaired) electrons. The topological polar surface area (TPSA) is 68.0 Å². The first kappa shape index (κ1) is 23.4. The molecule has 1 aliphatic carbocycles. The van der Waals surface area contributed by atoms with Crippen LogP contribution in [-0.4, -0.2) is 16.9 Å². The third kappa shape index (κ3) is 6.80. The minimum Gasteiger partial charge on any atom is -0.347 e. The van der Waals surface area contributed by atoms with Gasteiger partial charge in [-0.3, -0.25) is 9.78 Å². The van der Waals surface area contributed by atoms with Gasteiger partial charge in [0.1, 0.15) is 0 Å². The fourth-order valence-corrected chi connectivity index (χ4v) is 3.53. The lowest BCUT2D eigenvalue weighted by molar-refractivity contribution is -0.126. The fraction of sp³-hybridized carbons (Fsp3) is 0.429. The summed E-state index contributed by atoms with van der Waals surface area (Å²) in [5, 5.41) is 3.23. The molecule has 3 N–H and O–H groups in total. The molecule has 1 fully saturated rings. The number of carbonyl (C=O) groups is 1. The van der Waals surface area contributed by atoms with E-state index in [0.717, 1.165) is 37.8 Å². The van der Waals surface area contributed by atoms with Crippen molar-refractivity contribution >= 4 is 30.7 Å². The van der Waals surface area contributed by atoms with Gasteiger partial charge in [-0.1, -0.05) is 42.3 Å². The molecule has 0 spiro atoms. The quantitative estimate of drug-likeness (QED) is 0.778. The molecule has 1 aliphatic rings. The Morgan fingerprint density at radius 1 is 1.19 bits per heavy atom. The van der Waals surface area contributed by atoms with Crippen molar-refractivity contribution < 1.29 is 4.79 Å². The van der Waals surface area contributed by atoms with Gasteiger partial charge in [0, 0.05) is 18.2 Å². The largest absolute Gasteiger partial charge is 0.347 e. The third-order valence-corrected chi connectivity index (χ3v) is 5.01. The Kier molecular flexibility index (Phi) is 9.78. The van der Waals surface area contributed by atoms with E-state index in [9.17, 15) is 4.79 Å². The molecule has 2 aromatic rings. The zero-order valence-electron chi connectivity index (χ0n) is 15.6. The minimum absolute atomic E-state index is 0. The van der Waals surface area contributed by atoms with Crippen LogP contribution < -0.4 is 11.1 Å². The number of aryl methyl sites for hydroxylation is 1. The highest BCUT2D eigenvalue weighted by molar-refractivity contribution is 5.85. The van der Waals surface area contributed by atoms with Crippen molar-refractivity contribution in [1.82, 2.24) is 10.3 Å². The van der Waals surface area contributed by atoms with Gasteiger partial charge < -0.3 is 11.1 Å². The van der Waals surface area contributed by atoms with Crippen LogP contribution in [0, 0.1) is 12.8 Å². The van der Waals surface area contributed by atoms with Gasteiger partial charge in [0.25, 0.3) is 0 Å². The highest BCUT2D eigenvalue weighted by Crippen LogP contribution is 2.25. The molecule has 1 saturated carbocycles. The molecule has 4 nitrogen and oxygen atoms in total. The van der Waals surface area contributed by atoms with Gasteiger partial charge in [-0.15, -0.1) is 24.8 Å². The molecule has 0 bridgehead atoms. The van der Waals surface area contributed by atoms with Crippen molar-refractivity contribution in [3.8, 4) is 0 Å². The molecule has 1 aromatic heterocycles. The van der Waals surface area contributed by atoms with Crippen LogP contribution in [0.4, 0.5) is 0 Å². The van der Waals surface area contributed by atoms with Gasteiger partial charge in [0.15, 0.2) is 0 Å². The Hall–Kier alpha value is -1.62. The summed E-state index contributed by atoms with van der Waals surface area (Å²) in [6.07, 6.45) is 6.29. The summed E-state index contributed by atoms with van der Waals surface area (Å²) in [6, 6.07) is 14.3. The lowest BCUT2D eigenvalue weighted by Crippen LogP contribution is -2.40. The summed E-state index contributed by atoms with van der Waals surface area (Å²) >= 11 is 0. The maximum Gasteiger partial charge on any atom is 0.223 e. The molecule has 3 unspecified atom stereocenters. The summed E-state index contributed by atoms with van der Waals surface area (Å²) in [5.41, 5.74) is 9.38. The highest BCUT2D eigenvalue weighted by Gasteiger charge is 2.27. The maximum absolute atomic E-state index is 12.8. The molecule has 148 valence electrons. The minimum atomic E-state index is -0.116. The highest BCUT2D eigenvalue weighted by atomic mass is 35.5. The second-order valence-corrected chi connectivity index (χ2v) is 7.13. The molecular weight excluding hydrogens is 381 g/mol. The summed E-state index contributed by atoms with van der Waals surface area (Å²) < 4.78 is 0. The molecule has 1 aromatic carbocycles. The van der Waals surface area contributed by atoms with Gasteiger partial charge >= 0.3 is 0 Å². The van der Waals surface area contributed by atoms with Crippen LogP contribution in [0.5, 0.6) is 0 Å². The number of rotatable bonds is 5. The van der Waals surface area contributed by atoms with Crippen molar-refractivity contribution in [3.63, 3.8) is 0 Å². The van der Waals surface area contributed by atoms with Gasteiger partial charge in [-0.25, -0.2) is 0 Å². The van der Waals surface area contributed by atoms with Gasteiger partial charge in [-0.2, -0.15) is 0 Å². The molecule has 0 saturated heterocycles. The number of nitrogens with zero attached hydrogens (tertiary/aromatic N) is 1. The summed E-state index contributed by atoms with van der Waals surface area (Å²) in [5.74, 6) is 0.130. The van der Waals surface area contributed by atoms with Crippen LogP contribution in [0.25, 0.3) is 0 Å². The first-order valence-corrected chi connectivity index (χ1v) is 9.14. The number of aromatic nitrogens is 1. The van der Waals surface area contributed by atoms with Crippen LogP contribution in [-0.2, 0) is 11.2 Å². The Balaban J connectivity index is 0.00000182. The van der Waals surface area contributed by atoms with Crippen LogP contribution in [0.3, 0.4) is 0 Å². The van der Waals surface area contributed by atoms with Crippen molar-refractivity contribution in [2.24, 2.45) is 11.7 Å². The lowest BCUT2D eigenvalue weighted by Gasteiger charge is -2.28. The fourth-order valence-electron chi connectivity index (χ4n) is 3.53. The molecular formula is C21H29Cl2N3O. The molecule has 1 amide bonds. The Morgan fingerprint density at radius 3 is 2.56 bits per heavy atom. The zero-order chi connectivity index (χ0) is 17.6. The normalized spacial score (nSPS) is 19.9. The first-order valence-electron chi connectivity index (χ1n) is 9.14. The van der Waals surface area contributed by atoms with Gasteiger partial charge in [-0.05, 0) is 50.3 Å². The van der Waals surface area contributed by atoms with E-state index in [2.05, 4.69) is 41.5 Å². The number of nitrogens with one attached hydrogen (secondary N) is 1. The zero-order valence-corrected chi connectivity index (χ0v) is 17.3. The summed E-state index contributed by atoms with van der Waals surface area (Å²) in [6.45, 7) is 2.08. The van der Waals surface area contributed by atoms with E-state index in [0.29, 0.717) is 0 Å². The second-order valence-electron chi connectivity index (χ2n) is 7.13. The van der Waals surface area contributed by atoms with Crippen LogP contribution in [0.2, 0.25) is 0 Å². The molecule has 6 heteroatoms. The standard InChI is InChI=1S/C21H27N3O.2ClH/c1-15-8-10-16(11-9-15)13-20(19-7-2-3-12-23-19)24-21(25)17-5-4-6-18(22)14-17;;/h2-3,7-12,17-18,20H,4-6,13-14,22H2,1H3,(H,24,25);2*1H. The van der Waals surface area contributed by atoms with Crippen LogP contribution >= 0.6 is 24.8 Å². The average molecular weight is 410 g/mol. The number of pyridine rings is 1. The lowest BCUT2D eigenvalue weighted by atomic mass is 9.85. The number of hydrogen-bond donors (Lipinski definition) is 2. The second kappa shape index (κ2) is 11.3. The molecule has 27 heavy (non-hydrogen) atoms. The van der Waals surface area contributed by atoms with Crippen molar-refractivity contribution in [1.29, 1.82) is 0 Å². The smallest absolute Gasteiger partial charge is 0.223 e. The van der Waals surface area contributed by atoms with Gasteiger partial charge in [0.2, 0.25) is 5.91 Å². The molecule has 3 rings (SSSR count). The SMILES string of the molecule is Cc1ccc(CC(NC(=O)C2CCCC(N)C2)c2ccccn2)cc1.Cl.Cl. The van der Waals surface area contributed by atoms with E-state index in [4.69, 9.17) is 5.73 Å².